The molecule has 0 spiro atoms. The number of aryl methyl sites for hydroxylation is 1. The van der Waals surface area contributed by atoms with Gasteiger partial charge in [0, 0.05) is 24.7 Å². The number of rotatable bonds is 1. The molecule has 114 valence electrons. The van der Waals surface area contributed by atoms with Crippen molar-refractivity contribution in [1.82, 2.24) is 9.80 Å². The lowest BCUT2D eigenvalue weighted by molar-refractivity contribution is 0.0110. The molecule has 0 N–H and O–H groups in total. The number of amides is 1. The van der Waals surface area contributed by atoms with E-state index in [-0.39, 0.29) is 5.91 Å². The highest BCUT2D eigenvalue weighted by Gasteiger charge is 2.42. The van der Waals surface area contributed by atoms with E-state index in [0.29, 0.717) is 12.0 Å². The van der Waals surface area contributed by atoms with Crippen molar-refractivity contribution in [2.24, 2.45) is 5.92 Å². The maximum absolute atomic E-state index is 13.1. The SMILES string of the molecule is O=C1c2cccc3c2C(=CCC3)CN1C1CN2CCC1CC2. The summed E-state index contributed by atoms with van der Waals surface area (Å²) in [6, 6.07) is 6.72. The Kier molecular flexibility index (Phi) is 2.75. The smallest absolute Gasteiger partial charge is 0.255 e. The van der Waals surface area contributed by atoms with Crippen LogP contribution in [-0.2, 0) is 6.42 Å². The normalized spacial score (nSPS) is 32.7. The third kappa shape index (κ3) is 1.75. The van der Waals surface area contributed by atoms with E-state index in [0.717, 1.165) is 31.5 Å². The minimum atomic E-state index is 0.273. The number of carbonyl (C=O) groups excluding carboxylic acids is 1. The molecule has 1 amide bonds. The maximum atomic E-state index is 13.1. The molecule has 5 aliphatic rings. The lowest BCUT2D eigenvalue weighted by atomic mass is 9.79. The van der Waals surface area contributed by atoms with Crippen molar-refractivity contribution in [3.63, 3.8) is 0 Å². The fourth-order valence-corrected chi connectivity index (χ4v) is 4.98. The quantitative estimate of drug-likeness (QED) is 0.795. The van der Waals surface area contributed by atoms with E-state index in [9.17, 15) is 4.79 Å². The molecule has 1 aromatic rings. The first-order chi connectivity index (χ1) is 10.8. The molecule has 3 fully saturated rings. The zero-order chi connectivity index (χ0) is 14.7. The topological polar surface area (TPSA) is 23.6 Å². The fraction of sp³-hybridized carbons (Fsp3) is 0.526. The van der Waals surface area contributed by atoms with Gasteiger partial charge in [0.15, 0.2) is 0 Å². The van der Waals surface area contributed by atoms with Crippen LogP contribution in [0.15, 0.2) is 24.3 Å². The third-order valence-corrected chi connectivity index (χ3v) is 6.13. The maximum Gasteiger partial charge on any atom is 0.255 e. The van der Waals surface area contributed by atoms with Gasteiger partial charge in [-0.1, -0.05) is 18.2 Å². The summed E-state index contributed by atoms with van der Waals surface area (Å²) in [5.74, 6) is 0.984. The Morgan fingerprint density at radius 2 is 2.00 bits per heavy atom. The number of fused-ring (bicyclic) bond motifs is 3. The zero-order valence-corrected chi connectivity index (χ0v) is 12.9. The highest BCUT2D eigenvalue weighted by Crippen LogP contribution is 2.39. The predicted molar refractivity (Wildman–Crippen MR) is 86.7 cm³/mol. The van der Waals surface area contributed by atoms with E-state index in [4.69, 9.17) is 0 Å². The van der Waals surface area contributed by atoms with Crippen LogP contribution in [0, 0.1) is 5.92 Å². The number of hydrogen-bond donors (Lipinski definition) is 0. The van der Waals surface area contributed by atoms with Crippen molar-refractivity contribution in [3.05, 3.63) is 41.0 Å². The van der Waals surface area contributed by atoms with Gasteiger partial charge in [0.1, 0.15) is 0 Å². The van der Waals surface area contributed by atoms with Crippen molar-refractivity contribution >= 4 is 11.5 Å². The Morgan fingerprint density at radius 1 is 1.14 bits per heavy atom. The van der Waals surface area contributed by atoms with Gasteiger partial charge in [0.2, 0.25) is 0 Å². The van der Waals surface area contributed by atoms with Gasteiger partial charge in [-0.25, -0.2) is 0 Å². The largest absolute Gasteiger partial charge is 0.330 e. The van der Waals surface area contributed by atoms with E-state index in [1.165, 1.54) is 42.6 Å². The molecule has 1 atom stereocenters. The first kappa shape index (κ1) is 12.9. The Labute approximate surface area is 131 Å². The molecule has 6 rings (SSSR count). The average Bonchev–Trinajstić information content (AvgIpc) is 2.59. The van der Waals surface area contributed by atoms with Crippen molar-refractivity contribution in [1.29, 1.82) is 0 Å². The summed E-state index contributed by atoms with van der Waals surface area (Å²) in [6.07, 6.45) is 7.10. The average molecular weight is 294 g/mol. The van der Waals surface area contributed by atoms with Gasteiger partial charge in [-0.05, 0) is 67.5 Å². The fourth-order valence-electron chi connectivity index (χ4n) is 4.98. The van der Waals surface area contributed by atoms with Gasteiger partial charge < -0.3 is 9.80 Å². The van der Waals surface area contributed by atoms with Crippen LogP contribution in [-0.4, -0.2) is 47.9 Å². The standard InChI is InChI=1S/C19H22N2O/c22-19-16-6-2-4-14-3-1-5-15(18(14)16)11-21(19)17-12-20-9-7-13(17)8-10-20/h2,4-6,13,17H,1,3,7-12H2. The third-order valence-electron chi connectivity index (χ3n) is 6.13. The first-order valence-electron chi connectivity index (χ1n) is 8.66. The highest BCUT2D eigenvalue weighted by molar-refractivity contribution is 6.04. The highest BCUT2D eigenvalue weighted by atomic mass is 16.2. The second-order valence-corrected chi connectivity index (χ2v) is 7.25. The predicted octanol–water partition coefficient (Wildman–Crippen LogP) is 2.57. The van der Waals surface area contributed by atoms with Gasteiger partial charge in [-0.3, -0.25) is 4.79 Å². The van der Waals surface area contributed by atoms with E-state index in [1.807, 2.05) is 6.07 Å². The lowest BCUT2D eigenvalue weighted by Gasteiger charge is -2.50. The second-order valence-electron chi connectivity index (χ2n) is 7.25. The van der Waals surface area contributed by atoms with E-state index in [1.54, 1.807) is 0 Å². The van der Waals surface area contributed by atoms with E-state index >= 15 is 0 Å². The monoisotopic (exact) mass is 294 g/mol. The first-order valence-corrected chi connectivity index (χ1v) is 8.66. The van der Waals surface area contributed by atoms with Crippen molar-refractivity contribution in [2.45, 2.75) is 31.7 Å². The molecule has 1 aromatic carbocycles. The molecule has 2 bridgehead atoms. The molecule has 3 heteroatoms. The molecular weight excluding hydrogens is 272 g/mol. The number of nitrogens with zero attached hydrogens (tertiary/aromatic N) is 2. The summed E-state index contributed by atoms with van der Waals surface area (Å²) in [5, 5.41) is 0. The summed E-state index contributed by atoms with van der Waals surface area (Å²) in [5.41, 5.74) is 4.98. The van der Waals surface area contributed by atoms with Crippen LogP contribution in [0.3, 0.4) is 0 Å². The van der Waals surface area contributed by atoms with Crippen LogP contribution in [0.4, 0.5) is 0 Å². The Bertz CT molecular complexity index is 670. The molecule has 3 nitrogen and oxygen atoms in total. The molecule has 3 saturated heterocycles. The van der Waals surface area contributed by atoms with Gasteiger partial charge in [0.05, 0.1) is 0 Å². The molecular formula is C19H22N2O. The number of carbonyl (C=O) groups is 1. The Balaban J connectivity index is 1.56. The Morgan fingerprint density at radius 3 is 2.77 bits per heavy atom. The number of benzene rings is 1. The molecule has 0 radical (unpaired) electrons. The van der Waals surface area contributed by atoms with E-state index < -0.39 is 0 Å². The summed E-state index contributed by atoms with van der Waals surface area (Å²) >= 11 is 0. The summed E-state index contributed by atoms with van der Waals surface area (Å²) in [6.45, 7) is 4.37. The van der Waals surface area contributed by atoms with Gasteiger partial charge in [0.25, 0.3) is 5.91 Å². The van der Waals surface area contributed by atoms with Crippen molar-refractivity contribution < 1.29 is 4.79 Å². The number of allylic oxidation sites excluding steroid dienone is 1. The second kappa shape index (κ2) is 4.69. The van der Waals surface area contributed by atoms with E-state index in [2.05, 4.69) is 28.0 Å². The van der Waals surface area contributed by atoms with Gasteiger partial charge in [-0.2, -0.15) is 0 Å². The lowest BCUT2D eigenvalue weighted by Crippen LogP contribution is -2.59. The molecule has 0 aromatic heterocycles. The van der Waals surface area contributed by atoms with Crippen LogP contribution in [0.2, 0.25) is 0 Å². The zero-order valence-electron chi connectivity index (χ0n) is 12.9. The summed E-state index contributed by atoms with van der Waals surface area (Å²) in [7, 11) is 0. The molecule has 0 saturated carbocycles. The van der Waals surface area contributed by atoms with Crippen LogP contribution in [0.1, 0.15) is 40.7 Å². The van der Waals surface area contributed by atoms with Gasteiger partial charge >= 0.3 is 0 Å². The number of piperidine rings is 3. The summed E-state index contributed by atoms with van der Waals surface area (Å²) in [4.78, 5) is 17.8. The molecule has 1 unspecified atom stereocenters. The van der Waals surface area contributed by atoms with Crippen LogP contribution < -0.4 is 0 Å². The molecule has 1 aliphatic carbocycles. The van der Waals surface area contributed by atoms with Crippen LogP contribution in [0.25, 0.3) is 5.57 Å². The van der Waals surface area contributed by atoms with Gasteiger partial charge in [-0.15, -0.1) is 0 Å². The Hall–Kier alpha value is -1.61. The summed E-state index contributed by atoms with van der Waals surface area (Å²) < 4.78 is 0. The van der Waals surface area contributed by atoms with Crippen molar-refractivity contribution in [2.75, 3.05) is 26.2 Å². The molecule has 4 heterocycles. The molecule has 22 heavy (non-hydrogen) atoms. The van der Waals surface area contributed by atoms with Crippen LogP contribution >= 0.6 is 0 Å². The minimum absolute atomic E-state index is 0.273. The minimum Gasteiger partial charge on any atom is -0.330 e. The number of hydrogen-bond acceptors (Lipinski definition) is 2. The van der Waals surface area contributed by atoms with Crippen molar-refractivity contribution in [3.8, 4) is 0 Å². The molecule has 4 aliphatic heterocycles. The van der Waals surface area contributed by atoms with Crippen LogP contribution in [0.5, 0.6) is 0 Å².